The molecule has 24 heavy (non-hydrogen) atoms. The second kappa shape index (κ2) is 7.63. The van der Waals surface area contributed by atoms with E-state index in [9.17, 15) is 4.79 Å². The number of guanidine groups is 1. The Morgan fingerprint density at radius 3 is 2.79 bits per heavy atom. The summed E-state index contributed by atoms with van der Waals surface area (Å²) in [6.45, 7) is 3.23. The largest absolute Gasteiger partial charge is 0.469 e. The Hall–Kier alpha value is -2.12. The molecule has 2 aliphatic rings. The number of hydrogen-bond donors (Lipinski definition) is 1. The number of likely N-dealkylation sites (tertiary alicyclic amines) is 1. The van der Waals surface area contributed by atoms with E-state index in [0.29, 0.717) is 6.54 Å². The van der Waals surface area contributed by atoms with Crippen molar-refractivity contribution in [3.05, 3.63) is 11.6 Å². The van der Waals surface area contributed by atoms with Gasteiger partial charge in [0.2, 0.25) is 0 Å². The Kier molecular flexibility index (Phi) is 5.32. The van der Waals surface area contributed by atoms with Gasteiger partial charge in [0, 0.05) is 33.1 Å². The number of methoxy groups -OCH3 is 1. The number of nitrogens with zero attached hydrogens (tertiary/aromatic N) is 5. The summed E-state index contributed by atoms with van der Waals surface area (Å²) < 4.78 is 7.06. The summed E-state index contributed by atoms with van der Waals surface area (Å²) in [5, 5.41) is 12.0. The molecule has 0 bridgehead atoms. The topological polar surface area (TPSA) is 84.6 Å². The van der Waals surface area contributed by atoms with Crippen LogP contribution in [0.4, 0.5) is 0 Å². The molecule has 132 valence electrons. The number of nitrogens with one attached hydrogen (secondary N) is 1. The molecule has 0 aliphatic carbocycles. The van der Waals surface area contributed by atoms with Gasteiger partial charge in [0.05, 0.1) is 19.6 Å². The number of carbonyl (C=O) groups excluding carboxylic acids is 1. The highest BCUT2D eigenvalue weighted by molar-refractivity contribution is 5.80. The van der Waals surface area contributed by atoms with Crippen LogP contribution in [0, 0.1) is 5.92 Å². The molecule has 1 saturated heterocycles. The SMILES string of the molecule is CN=C(NCc1nnc2n1CCCC2)N1CCC(C(=O)OC)CC1. The van der Waals surface area contributed by atoms with Crippen molar-refractivity contribution in [1.82, 2.24) is 25.0 Å². The molecule has 1 aromatic rings. The molecule has 1 aromatic heterocycles. The predicted octanol–water partition coefficient (Wildman–Crippen LogP) is 0.575. The van der Waals surface area contributed by atoms with Crippen LogP contribution in [0.5, 0.6) is 0 Å². The van der Waals surface area contributed by atoms with E-state index in [1.54, 1.807) is 7.05 Å². The molecule has 0 amide bonds. The molecule has 3 rings (SSSR count). The van der Waals surface area contributed by atoms with Gasteiger partial charge < -0.3 is 19.5 Å². The summed E-state index contributed by atoms with van der Waals surface area (Å²) in [6.07, 6.45) is 5.00. The molecular formula is C16H26N6O2. The summed E-state index contributed by atoms with van der Waals surface area (Å²) in [7, 11) is 3.24. The summed E-state index contributed by atoms with van der Waals surface area (Å²) in [6, 6.07) is 0. The first-order chi connectivity index (χ1) is 11.7. The van der Waals surface area contributed by atoms with E-state index in [4.69, 9.17) is 4.74 Å². The third-order valence-electron chi connectivity index (χ3n) is 4.88. The normalized spacial score (nSPS) is 19.1. The second-order valence-electron chi connectivity index (χ2n) is 6.33. The molecule has 0 spiro atoms. The standard InChI is InChI=1S/C16H26N6O2/c1-17-16(21-9-6-12(7-10-21)15(23)24-2)18-11-14-20-19-13-5-3-4-8-22(13)14/h12H,3-11H2,1-2H3,(H,17,18). The van der Waals surface area contributed by atoms with Crippen LogP contribution >= 0.6 is 0 Å². The van der Waals surface area contributed by atoms with E-state index in [1.807, 2.05) is 0 Å². The number of ether oxygens (including phenoxy) is 1. The maximum absolute atomic E-state index is 11.6. The van der Waals surface area contributed by atoms with Crippen LogP contribution in [0.3, 0.4) is 0 Å². The van der Waals surface area contributed by atoms with Crippen molar-refractivity contribution < 1.29 is 9.53 Å². The van der Waals surface area contributed by atoms with Gasteiger partial charge in [-0.25, -0.2) is 0 Å². The first-order valence-corrected chi connectivity index (χ1v) is 8.67. The molecule has 0 unspecified atom stereocenters. The highest BCUT2D eigenvalue weighted by atomic mass is 16.5. The van der Waals surface area contributed by atoms with Crippen LogP contribution in [0.2, 0.25) is 0 Å². The Balaban J connectivity index is 1.54. The molecule has 1 N–H and O–H groups in total. The van der Waals surface area contributed by atoms with Gasteiger partial charge in [0.1, 0.15) is 5.82 Å². The van der Waals surface area contributed by atoms with Gasteiger partial charge in [0.25, 0.3) is 0 Å². The van der Waals surface area contributed by atoms with E-state index in [0.717, 1.165) is 56.5 Å². The number of aromatic nitrogens is 3. The van der Waals surface area contributed by atoms with Crippen molar-refractivity contribution >= 4 is 11.9 Å². The molecule has 0 saturated carbocycles. The number of piperidine rings is 1. The van der Waals surface area contributed by atoms with E-state index in [2.05, 4.69) is 30.0 Å². The van der Waals surface area contributed by atoms with Crippen molar-refractivity contribution in [2.45, 2.75) is 45.2 Å². The number of fused-ring (bicyclic) bond motifs is 1. The van der Waals surface area contributed by atoms with Crippen LogP contribution in [0.15, 0.2) is 4.99 Å². The lowest BCUT2D eigenvalue weighted by atomic mass is 9.97. The highest BCUT2D eigenvalue weighted by Crippen LogP contribution is 2.19. The maximum Gasteiger partial charge on any atom is 0.308 e. The van der Waals surface area contributed by atoms with Crippen molar-refractivity contribution in [2.75, 3.05) is 27.2 Å². The number of rotatable bonds is 3. The molecular weight excluding hydrogens is 308 g/mol. The van der Waals surface area contributed by atoms with Crippen LogP contribution in [-0.2, 0) is 29.0 Å². The van der Waals surface area contributed by atoms with Gasteiger partial charge in [-0.3, -0.25) is 9.79 Å². The monoisotopic (exact) mass is 334 g/mol. The van der Waals surface area contributed by atoms with Gasteiger partial charge in [0.15, 0.2) is 11.8 Å². The van der Waals surface area contributed by atoms with Crippen molar-refractivity contribution in [3.63, 3.8) is 0 Å². The Labute approximate surface area is 142 Å². The van der Waals surface area contributed by atoms with Gasteiger partial charge in [-0.15, -0.1) is 10.2 Å². The number of aliphatic imine (C=N–C) groups is 1. The zero-order chi connectivity index (χ0) is 16.9. The number of esters is 1. The van der Waals surface area contributed by atoms with Crippen LogP contribution < -0.4 is 5.32 Å². The van der Waals surface area contributed by atoms with Crippen LogP contribution in [0.1, 0.15) is 37.3 Å². The summed E-state index contributed by atoms with van der Waals surface area (Å²) in [5.74, 6) is 2.81. The van der Waals surface area contributed by atoms with E-state index in [1.165, 1.54) is 20.0 Å². The Bertz CT molecular complexity index is 604. The quantitative estimate of drug-likeness (QED) is 0.494. The average Bonchev–Trinajstić information content (AvgIpc) is 3.05. The van der Waals surface area contributed by atoms with E-state index in [-0.39, 0.29) is 11.9 Å². The second-order valence-corrected chi connectivity index (χ2v) is 6.33. The highest BCUT2D eigenvalue weighted by Gasteiger charge is 2.27. The van der Waals surface area contributed by atoms with Crippen molar-refractivity contribution in [3.8, 4) is 0 Å². The minimum absolute atomic E-state index is 0.00729. The molecule has 3 heterocycles. The fourth-order valence-corrected chi connectivity index (χ4v) is 3.48. The first kappa shape index (κ1) is 16.7. The fourth-order valence-electron chi connectivity index (χ4n) is 3.48. The first-order valence-electron chi connectivity index (χ1n) is 8.67. The van der Waals surface area contributed by atoms with E-state index < -0.39 is 0 Å². The van der Waals surface area contributed by atoms with Crippen molar-refractivity contribution in [2.24, 2.45) is 10.9 Å². The number of aryl methyl sites for hydroxylation is 1. The average molecular weight is 334 g/mol. The summed E-state index contributed by atoms with van der Waals surface area (Å²) >= 11 is 0. The molecule has 2 aliphatic heterocycles. The van der Waals surface area contributed by atoms with Gasteiger partial charge in [-0.05, 0) is 25.7 Å². The molecule has 0 atom stereocenters. The van der Waals surface area contributed by atoms with E-state index >= 15 is 0 Å². The minimum Gasteiger partial charge on any atom is -0.469 e. The molecule has 8 nitrogen and oxygen atoms in total. The molecule has 0 aromatic carbocycles. The Morgan fingerprint density at radius 1 is 1.29 bits per heavy atom. The lowest BCUT2D eigenvalue weighted by Crippen LogP contribution is -2.46. The minimum atomic E-state index is -0.104. The third-order valence-corrected chi connectivity index (χ3v) is 4.88. The Morgan fingerprint density at radius 2 is 2.08 bits per heavy atom. The van der Waals surface area contributed by atoms with Gasteiger partial charge >= 0.3 is 5.97 Å². The lowest BCUT2D eigenvalue weighted by Gasteiger charge is -2.33. The molecule has 0 radical (unpaired) electrons. The van der Waals surface area contributed by atoms with Crippen LogP contribution in [-0.4, -0.2) is 58.8 Å². The zero-order valence-electron chi connectivity index (χ0n) is 14.5. The lowest BCUT2D eigenvalue weighted by molar-refractivity contribution is -0.146. The van der Waals surface area contributed by atoms with Crippen LogP contribution in [0.25, 0.3) is 0 Å². The summed E-state index contributed by atoms with van der Waals surface area (Å²) in [4.78, 5) is 18.2. The number of hydrogen-bond acceptors (Lipinski definition) is 5. The fraction of sp³-hybridized carbons (Fsp3) is 0.750. The zero-order valence-corrected chi connectivity index (χ0v) is 14.5. The smallest absolute Gasteiger partial charge is 0.308 e. The molecule has 8 heteroatoms. The molecule has 1 fully saturated rings. The van der Waals surface area contributed by atoms with Crippen molar-refractivity contribution in [1.29, 1.82) is 0 Å². The third kappa shape index (κ3) is 3.52. The van der Waals surface area contributed by atoms with Gasteiger partial charge in [-0.2, -0.15) is 0 Å². The van der Waals surface area contributed by atoms with Gasteiger partial charge in [-0.1, -0.05) is 0 Å². The number of carbonyl (C=O) groups is 1. The predicted molar refractivity (Wildman–Crippen MR) is 89.5 cm³/mol. The maximum atomic E-state index is 11.6. The summed E-state index contributed by atoms with van der Waals surface area (Å²) in [5.41, 5.74) is 0.